The van der Waals surface area contributed by atoms with E-state index in [2.05, 4.69) is 20.9 Å². The van der Waals surface area contributed by atoms with Crippen LogP contribution in [0.25, 0.3) is 11.3 Å². The van der Waals surface area contributed by atoms with E-state index < -0.39 is 0 Å². The molecular formula is C14H12BrNO2. The van der Waals surface area contributed by atoms with E-state index >= 15 is 0 Å². The molecule has 1 aromatic carbocycles. The molecule has 0 amide bonds. The van der Waals surface area contributed by atoms with Gasteiger partial charge in [-0.3, -0.25) is 4.98 Å². The summed E-state index contributed by atoms with van der Waals surface area (Å²) in [6.07, 6.45) is 1.75. The number of ether oxygens (including phenoxy) is 1. The zero-order chi connectivity index (χ0) is 13.1. The predicted molar refractivity (Wildman–Crippen MR) is 73.4 cm³/mol. The van der Waals surface area contributed by atoms with Gasteiger partial charge in [-0.1, -0.05) is 6.07 Å². The first kappa shape index (κ1) is 12.8. The summed E-state index contributed by atoms with van der Waals surface area (Å²) < 4.78 is 5.63. The van der Waals surface area contributed by atoms with Crippen LogP contribution >= 0.6 is 15.9 Å². The minimum atomic E-state index is -0.326. The number of rotatable bonds is 2. The molecule has 0 saturated heterocycles. The minimum Gasteiger partial charge on any atom is -0.465 e. The van der Waals surface area contributed by atoms with E-state index in [-0.39, 0.29) is 5.97 Å². The minimum absolute atomic E-state index is 0.326. The summed E-state index contributed by atoms with van der Waals surface area (Å²) in [4.78, 5) is 15.8. The number of halogens is 1. The highest BCUT2D eigenvalue weighted by molar-refractivity contribution is 9.10. The number of hydrogen-bond donors (Lipinski definition) is 0. The van der Waals surface area contributed by atoms with Crippen LogP contribution in [0.15, 0.2) is 41.0 Å². The average Bonchev–Trinajstić information content (AvgIpc) is 2.39. The summed E-state index contributed by atoms with van der Waals surface area (Å²) in [6, 6.07) is 9.32. The maximum Gasteiger partial charge on any atom is 0.337 e. The number of aryl methyl sites for hydroxylation is 1. The van der Waals surface area contributed by atoms with Gasteiger partial charge in [-0.05, 0) is 52.7 Å². The number of nitrogens with zero attached hydrogens (tertiary/aromatic N) is 1. The third-order valence-electron chi connectivity index (χ3n) is 2.65. The first-order valence-electron chi connectivity index (χ1n) is 5.42. The normalized spacial score (nSPS) is 10.2. The second-order valence-corrected chi connectivity index (χ2v) is 4.80. The Balaban J connectivity index is 2.41. The summed E-state index contributed by atoms with van der Waals surface area (Å²) in [5.74, 6) is -0.326. The zero-order valence-corrected chi connectivity index (χ0v) is 11.7. The van der Waals surface area contributed by atoms with E-state index in [1.54, 1.807) is 12.3 Å². The van der Waals surface area contributed by atoms with E-state index in [4.69, 9.17) is 4.74 Å². The molecule has 0 atom stereocenters. The highest BCUT2D eigenvalue weighted by Crippen LogP contribution is 2.23. The third kappa shape index (κ3) is 2.59. The van der Waals surface area contributed by atoms with Crippen LogP contribution < -0.4 is 0 Å². The second kappa shape index (κ2) is 5.31. The summed E-state index contributed by atoms with van der Waals surface area (Å²) in [5.41, 5.74) is 3.44. The van der Waals surface area contributed by atoms with Crippen molar-refractivity contribution < 1.29 is 9.53 Å². The molecule has 0 fully saturated rings. The Hall–Kier alpha value is -1.68. The number of methoxy groups -OCH3 is 1. The van der Waals surface area contributed by atoms with Gasteiger partial charge in [0.15, 0.2) is 0 Å². The molecule has 0 aliphatic heterocycles. The van der Waals surface area contributed by atoms with Crippen molar-refractivity contribution in [2.45, 2.75) is 6.92 Å². The van der Waals surface area contributed by atoms with Crippen LogP contribution in [0.1, 0.15) is 15.9 Å². The molecule has 2 rings (SSSR count). The van der Waals surface area contributed by atoms with Crippen LogP contribution in [0.3, 0.4) is 0 Å². The molecule has 1 heterocycles. The fraction of sp³-hybridized carbons (Fsp3) is 0.143. The van der Waals surface area contributed by atoms with Crippen molar-refractivity contribution >= 4 is 21.9 Å². The summed E-state index contributed by atoms with van der Waals surface area (Å²) in [5, 5.41) is 0. The Kier molecular flexibility index (Phi) is 3.77. The smallest absolute Gasteiger partial charge is 0.337 e. The first-order chi connectivity index (χ1) is 8.61. The number of pyridine rings is 1. The Morgan fingerprint density at radius 3 is 2.61 bits per heavy atom. The van der Waals surface area contributed by atoms with Crippen molar-refractivity contribution in [2.75, 3.05) is 7.11 Å². The van der Waals surface area contributed by atoms with Crippen LogP contribution in [-0.4, -0.2) is 18.1 Å². The predicted octanol–water partition coefficient (Wildman–Crippen LogP) is 3.61. The van der Waals surface area contributed by atoms with E-state index in [0.717, 1.165) is 21.3 Å². The molecule has 0 bridgehead atoms. The van der Waals surface area contributed by atoms with Gasteiger partial charge in [0.25, 0.3) is 0 Å². The SMILES string of the molecule is COC(=O)c1ccc(-c2ccc(Br)cn2)c(C)c1. The molecule has 0 spiro atoms. The van der Waals surface area contributed by atoms with Gasteiger partial charge in [-0.15, -0.1) is 0 Å². The Bertz CT molecular complexity index is 579. The fourth-order valence-corrected chi connectivity index (χ4v) is 1.97. The first-order valence-corrected chi connectivity index (χ1v) is 6.22. The van der Waals surface area contributed by atoms with E-state index in [0.29, 0.717) is 5.56 Å². The van der Waals surface area contributed by atoms with Crippen molar-refractivity contribution in [1.82, 2.24) is 4.98 Å². The molecule has 0 unspecified atom stereocenters. The van der Waals surface area contributed by atoms with E-state index in [1.165, 1.54) is 7.11 Å². The molecule has 1 aromatic heterocycles. The number of esters is 1. The number of aromatic nitrogens is 1. The third-order valence-corrected chi connectivity index (χ3v) is 3.12. The van der Waals surface area contributed by atoms with Gasteiger partial charge < -0.3 is 4.74 Å². The van der Waals surface area contributed by atoms with Crippen molar-refractivity contribution in [3.63, 3.8) is 0 Å². The van der Waals surface area contributed by atoms with Crippen molar-refractivity contribution in [3.05, 3.63) is 52.1 Å². The van der Waals surface area contributed by atoms with Crippen LogP contribution in [0.4, 0.5) is 0 Å². The molecule has 0 radical (unpaired) electrons. The van der Waals surface area contributed by atoms with Crippen LogP contribution in [0.2, 0.25) is 0 Å². The highest BCUT2D eigenvalue weighted by Gasteiger charge is 2.09. The molecule has 2 aromatic rings. The molecular weight excluding hydrogens is 294 g/mol. The largest absolute Gasteiger partial charge is 0.465 e. The lowest BCUT2D eigenvalue weighted by Crippen LogP contribution is -2.01. The van der Waals surface area contributed by atoms with Gasteiger partial charge in [0.05, 0.1) is 18.4 Å². The Morgan fingerprint density at radius 1 is 1.28 bits per heavy atom. The zero-order valence-electron chi connectivity index (χ0n) is 10.1. The molecule has 0 aliphatic rings. The number of carbonyl (C=O) groups is 1. The molecule has 0 saturated carbocycles. The number of hydrogen-bond acceptors (Lipinski definition) is 3. The van der Waals surface area contributed by atoms with Crippen molar-refractivity contribution in [2.24, 2.45) is 0 Å². The summed E-state index contributed by atoms with van der Waals surface area (Å²) in [7, 11) is 1.38. The van der Waals surface area contributed by atoms with Gasteiger partial charge in [0.1, 0.15) is 0 Å². The molecule has 92 valence electrons. The second-order valence-electron chi connectivity index (χ2n) is 3.88. The highest BCUT2D eigenvalue weighted by atomic mass is 79.9. The van der Waals surface area contributed by atoms with E-state index in [9.17, 15) is 4.79 Å². The van der Waals surface area contributed by atoms with Crippen LogP contribution in [-0.2, 0) is 4.74 Å². The Morgan fingerprint density at radius 2 is 2.06 bits per heavy atom. The quantitative estimate of drug-likeness (QED) is 0.796. The summed E-state index contributed by atoms with van der Waals surface area (Å²) >= 11 is 3.35. The van der Waals surface area contributed by atoms with Gasteiger partial charge >= 0.3 is 5.97 Å². The van der Waals surface area contributed by atoms with Gasteiger partial charge in [-0.25, -0.2) is 4.79 Å². The molecule has 18 heavy (non-hydrogen) atoms. The average molecular weight is 306 g/mol. The van der Waals surface area contributed by atoms with Crippen molar-refractivity contribution in [3.8, 4) is 11.3 Å². The van der Waals surface area contributed by atoms with Crippen LogP contribution in [0, 0.1) is 6.92 Å². The Labute approximate surface area is 114 Å². The lowest BCUT2D eigenvalue weighted by atomic mass is 10.0. The fourth-order valence-electron chi connectivity index (χ4n) is 1.73. The van der Waals surface area contributed by atoms with Gasteiger partial charge in [0, 0.05) is 16.2 Å². The maximum absolute atomic E-state index is 11.4. The van der Waals surface area contributed by atoms with E-state index in [1.807, 2.05) is 31.2 Å². The monoisotopic (exact) mass is 305 g/mol. The lowest BCUT2D eigenvalue weighted by molar-refractivity contribution is 0.0600. The molecule has 4 heteroatoms. The van der Waals surface area contributed by atoms with Gasteiger partial charge in [-0.2, -0.15) is 0 Å². The number of carbonyl (C=O) groups excluding carboxylic acids is 1. The molecule has 0 N–H and O–H groups in total. The van der Waals surface area contributed by atoms with Gasteiger partial charge in [0.2, 0.25) is 0 Å². The topological polar surface area (TPSA) is 39.2 Å². The summed E-state index contributed by atoms with van der Waals surface area (Å²) in [6.45, 7) is 1.95. The maximum atomic E-state index is 11.4. The number of benzene rings is 1. The standard InChI is InChI=1S/C14H12BrNO2/c1-9-7-10(14(17)18-2)3-5-12(9)13-6-4-11(15)8-16-13/h3-8H,1-2H3. The van der Waals surface area contributed by atoms with Crippen molar-refractivity contribution in [1.29, 1.82) is 0 Å². The molecule has 0 aliphatic carbocycles. The molecule has 3 nitrogen and oxygen atoms in total. The van der Waals surface area contributed by atoms with Crippen LogP contribution in [0.5, 0.6) is 0 Å². The lowest BCUT2D eigenvalue weighted by Gasteiger charge is -2.07.